The Morgan fingerprint density at radius 3 is 2.40 bits per heavy atom. The number of nitrogens with one attached hydrogen (secondary N) is 1. The molecule has 1 aliphatic heterocycles. The average Bonchev–Trinajstić information content (AvgIpc) is 2.83. The number of likely N-dealkylation sites (N-methyl/N-ethyl adjacent to an activating group) is 1. The fraction of sp³-hybridized carbons (Fsp3) is 0.800. The molecule has 1 saturated heterocycles. The van der Waals surface area contributed by atoms with Gasteiger partial charge in [-0.05, 0) is 19.5 Å². The minimum Gasteiger partial charge on any atom is -0.315 e. The Balaban J connectivity index is 1.97. The van der Waals surface area contributed by atoms with Gasteiger partial charge in [0.15, 0.2) is 0 Å². The molecular weight excluding hydrogens is 268 g/mol. The van der Waals surface area contributed by atoms with E-state index >= 15 is 0 Å². The van der Waals surface area contributed by atoms with Crippen LogP contribution < -0.4 is 5.32 Å². The topological polar surface area (TPSA) is 31.4 Å². The molecule has 1 aromatic heterocycles. The van der Waals surface area contributed by atoms with Crippen molar-refractivity contribution in [2.75, 3.05) is 39.8 Å². The van der Waals surface area contributed by atoms with Gasteiger partial charge >= 0.3 is 0 Å². The van der Waals surface area contributed by atoms with Crippen LogP contribution in [-0.4, -0.2) is 54.6 Å². The van der Waals surface area contributed by atoms with Crippen LogP contribution in [0.4, 0.5) is 0 Å². The molecule has 2 heterocycles. The van der Waals surface area contributed by atoms with E-state index in [1.807, 2.05) is 18.4 Å². The van der Waals surface area contributed by atoms with Crippen molar-refractivity contribution in [1.82, 2.24) is 20.1 Å². The van der Waals surface area contributed by atoms with Gasteiger partial charge in [-0.15, -0.1) is 11.3 Å². The molecule has 0 saturated carbocycles. The van der Waals surface area contributed by atoms with E-state index in [1.54, 1.807) is 0 Å². The van der Waals surface area contributed by atoms with Crippen LogP contribution in [0.15, 0.2) is 0 Å². The van der Waals surface area contributed by atoms with Crippen LogP contribution in [0.5, 0.6) is 0 Å². The summed E-state index contributed by atoms with van der Waals surface area (Å²) in [4.78, 5) is 11.4. The first-order valence-corrected chi connectivity index (χ1v) is 8.53. The summed E-state index contributed by atoms with van der Waals surface area (Å²) < 4.78 is 0. The van der Waals surface area contributed by atoms with Crippen LogP contribution >= 0.6 is 11.3 Å². The van der Waals surface area contributed by atoms with Crippen LogP contribution in [-0.2, 0) is 13.1 Å². The molecule has 1 fully saturated rings. The normalized spacial score (nSPS) is 18.1. The van der Waals surface area contributed by atoms with Crippen LogP contribution in [0.1, 0.15) is 42.3 Å². The summed E-state index contributed by atoms with van der Waals surface area (Å²) >= 11 is 1.88. The second kappa shape index (κ2) is 7.50. The van der Waals surface area contributed by atoms with Crippen LogP contribution in [0, 0.1) is 0 Å². The first-order valence-electron chi connectivity index (χ1n) is 7.71. The molecular formula is C15H28N4S. The van der Waals surface area contributed by atoms with Crippen molar-refractivity contribution in [3.05, 3.63) is 15.6 Å². The molecule has 2 rings (SSSR count). The number of hydrogen-bond acceptors (Lipinski definition) is 5. The van der Waals surface area contributed by atoms with Gasteiger partial charge < -0.3 is 10.2 Å². The highest BCUT2D eigenvalue weighted by atomic mass is 32.1. The summed E-state index contributed by atoms with van der Waals surface area (Å²) in [7, 11) is 2.01. The lowest BCUT2D eigenvalue weighted by atomic mass is 10.1. The van der Waals surface area contributed by atoms with Crippen molar-refractivity contribution in [1.29, 1.82) is 0 Å². The van der Waals surface area contributed by atoms with Gasteiger partial charge in [0.05, 0.1) is 12.2 Å². The highest BCUT2D eigenvalue weighted by Crippen LogP contribution is 2.26. The molecule has 0 radical (unpaired) electrons. The Bertz CT molecular complexity index is 408. The Labute approximate surface area is 127 Å². The van der Waals surface area contributed by atoms with Crippen molar-refractivity contribution in [3.8, 4) is 0 Å². The van der Waals surface area contributed by atoms with Crippen molar-refractivity contribution >= 4 is 11.3 Å². The lowest BCUT2D eigenvalue weighted by Gasteiger charge is -2.33. The van der Waals surface area contributed by atoms with Gasteiger partial charge in [-0.2, -0.15) is 0 Å². The molecule has 0 amide bonds. The maximum Gasteiger partial charge on any atom is 0.107 e. The van der Waals surface area contributed by atoms with E-state index in [-0.39, 0.29) is 0 Å². The first-order chi connectivity index (χ1) is 9.63. The SMILES string of the molecule is CCN1CCN(Cc2nc(C(C)C)c(CNC)s2)CC1. The third-order valence-electron chi connectivity index (χ3n) is 3.93. The Kier molecular flexibility index (Phi) is 5.96. The smallest absolute Gasteiger partial charge is 0.107 e. The zero-order valence-corrected chi connectivity index (χ0v) is 14.1. The summed E-state index contributed by atoms with van der Waals surface area (Å²) in [5.74, 6) is 0.514. The number of piperazine rings is 1. The number of thiazole rings is 1. The molecule has 4 nitrogen and oxygen atoms in total. The summed E-state index contributed by atoms with van der Waals surface area (Å²) in [6, 6.07) is 0. The maximum atomic E-state index is 4.88. The van der Waals surface area contributed by atoms with Crippen molar-refractivity contribution in [2.24, 2.45) is 0 Å². The Hall–Kier alpha value is -0.490. The molecule has 0 unspecified atom stereocenters. The minimum atomic E-state index is 0.514. The van der Waals surface area contributed by atoms with Gasteiger partial charge in [-0.1, -0.05) is 20.8 Å². The predicted octanol–water partition coefficient (Wildman–Crippen LogP) is 2.12. The highest BCUT2D eigenvalue weighted by molar-refractivity contribution is 7.11. The van der Waals surface area contributed by atoms with E-state index in [0.717, 1.165) is 13.1 Å². The molecule has 0 spiro atoms. The Morgan fingerprint density at radius 1 is 1.20 bits per heavy atom. The fourth-order valence-electron chi connectivity index (χ4n) is 2.67. The zero-order chi connectivity index (χ0) is 14.5. The van der Waals surface area contributed by atoms with E-state index in [2.05, 4.69) is 35.9 Å². The molecule has 0 bridgehead atoms. The molecule has 5 heteroatoms. The van der Waals surface area contributed by atoms with E-state index < -0.39 is 0 Å². The lowest BCUT2D eigenvalue weighted by molar-refractivity contribution is 0.132. The monoisotopic (exact) mass is 296 g/mol. The maximum absolute atomic E-state index is 4.88. The number of aromatic nitrogens is 1. The molecule has 20 heavy (non-hydrogen) atoms. The first kappa shape index (κ1) is 15.9. The van der Waals surface area contributed by atoms with E-state index in [1.165, 1.54) is 48.3 Å². The predicted molar refractivity (Wildman–Crippen MR) is 86.4 cm³/mol. The quantitative estimate of drug-likeness (QED) is 0.871. The van der Waals surface area contributed by atoms with E-state index in [0.29, 0.717) is 5.92 Å². The average molecular weight is 296 g/mol. The summed E-state index contributed by atoms with van der Waals surface area (Å²) in [5, 5.41) is 4.54. The van der Waals surface area contributed by atoms with Gasteiger partial charge in [0.25, 0.3) is 0 Å². The van der Waals surface area contributed by atoms with Gasteiger partial charge in [-0.3, -0.25) is 4.90 Å². The molecule has 1 aliphatic rings. The molecule has 0 aliphatic carbocycles. The molecule has 0 aromatic carbocycles. The van der Waals surface area contributed by atoms with Crippen molar-refractivity contribution in [3.63, 3.8) is 0 Å². The summed E-state index contributed by atoms with van der Waals surface area (Å²) in [6.45, 7) is 14.6. The number of hydrogen-bond donors (Lipinski definition) is 1. The van der Waals surface area contributed by atoms with Crippen LogP contribution in [0.3, 0.4) is 0 Å². The third-order valence-corrected chi connectivity index (χ3v) is 4.98. The Morgan fingerprint density at radius 2 is 1.85 bits per heavy atom. The molecule has 114 valence electrons. The number of nitrogens with zero attached hydrogens (tertiary/aromatic N) is 3. The van der Waals surface area contributed by atoms with Crippen LogP contribution in [0.2, 0.25) is 0 Å². The molecule has 1 N–H and O–H groups in total. The summed E-state index contributed by atoms with van der Waals surface area (Å²) in [6.07, 6.45) is 0. The fourth-order valence-corrected chi connectivity index (χ4v) is 3.95. The van der Waals surface area contributed by atoms with Gasteiger partial charge in [0.2, 0.25) is 0 Å². The van der Waals surface area contributed by atoms with Crippen molar-refractivity contribution < 1.29 is 0 Å². The van der Waals surface area contributed by atoms with Gasteiger partial charge in [-0.25, -0.2) is 4.98 Å². The standard InChI is InChI=1S/C15H28N4S/c1-5-18-6-8-19(9-7-18)11-14-17-15(12(2)3)13(20-14)10-16-4/h12,16H,5-11H2,1-4H3. The molecule has 1 aromatic rings. The second-order valence-electron chi connectivity index (χ2n) is 5.81. The van der Waals surface area contributed by atoms with E-state index in [9.17, 15) is 0 Å². The highest BCUT2D eigenvalue weighted by Gasteiger charge is 2.19. The largest absolute Gasteiger partial charge is 0.315 e. The summed E-state index contributed by atoms with van der Waals surface area (Å²) in [5.41, 5.74) is 1.28. The van der Waals surface area contributed by atoms with Gasteiger partial charge in [0.1, 0.15) is 5.01 Å². The van der Waals surface area contributed by atoms with E-state index in [4.69, 9.17) is 4.98 Å². The minimum absolute atomic E-state index is 0.514. The van der Waals surface area contributed by atoms with Gasteiger partial charge in [0, 0.05) is 37.6 Å². The van der Waals surface area contributed by atoms with Crippen LogP contribution in [0.25, 0.3) is 0 Å². The third kappa shape index (κ3) is 4.01. The zero-order valence-electron chi connectivity index (χ0n) is 13.3. The number of rotatable bonds is 6. The van der Waals surface area contributed by atoms with Crippen molar-refractivity contribution in [2.45, 2.75) is 39.8 Å². The second-order valence-corrected chi connectivity index (χ2v) is 6.98. The lowest BCUT2D eigenvalue weighted by Crippen LogP contribution is -2.45. The molecule has 0 atom stereocenters.